The van der Waals surface area contributed by atoms with Crippen LogP contribution >= 0.6 is 11.6 Å². The highest BCUT2D eigenvalue weighted by molar-refractivity contribution is 6.19. The molecule has 0 aliphatic heterocycles. The van der Waals surface area contributed by atoms with Gasteiger partial charge in [-0.3, -0.25) is 5.43 Å². The Balaban J connectivity index is 2.83. The highest BCUT2D eigenvalue weighted by Gasteiger charge is 1.93. The number of hydrazine groups is 1. The largest absolute Gasteiger partial charge is 0.352 e. The van der Waals surface area contributed by atoms with Gasteiger partial charge in [0.05, 0.1) is 0 Å². The first-order chi connectivity index (χ1) is 3.31. The van der Waals surface area contributed by atoms with E-state index in [1.807, 2.05) is 0 Å². The summed E-state index contributed by atoms with van der Waals surface area (Å²) in [5.74, 6) is 0. The van der Waals surface area contributed by atoms with Crippen molar-refractivity contribution in [2.45, 2.75) is 5.69 Å². The maximum atomic E-state index is 5.37. The van der Waals surface area contributed by atoms with Crippen LogP contribution in [0.4, 0.5) is 0 Å². The first-order valence-corrected chi connectivity index (χ1v) is 2.34. The molecule has 0 aromatic rings. The second-order valence-electron chi connectivity index (χ2n) is 0.946. The van der Waals surface area contributed by atoms with Gasteiger partial charge >= 0.3 is 0 Å². The fraction of sp³-hybridized carbons (Fsp3) is 1.00. The Morgan fingerprint density at radius 2 is 2.29 bits per heavy atom. The molecule has 0 rings (SSSR count). The minimum absolute atomic E-state index is 0.440. The van der Waals surface area contributed by atoms with Crippen molar-refractivity contribution in [1.29, 1.82) is 0 Å². The standard InChI is InChI=1S/C3H9ClN2O/c1-5-6-3(4)7-2/h3,5-6H,1-2H3. The SMILES string of the molecule is CNNC(Cl)OC. The van der Waals surface area contributed by atoms with E-state index in [2.05, 4.69) is 15.6 Å². The number of hydrogen-bond acceptors (Lipinski definition) is 3. The van der Waals surface area contributed by atoms with Gasteiger partial charge in [-0.15, -0.1) is 0 Å². The predicted octanol–water partition coefficient (Wildman–Crippen LogP) is -0.121. The van der Waals surface area contributed by atoms with Crippen molar-refractivity contribution in [2.75, 3.05) is 14.2 Å². The van der Waals surface area contributed by atoms with Crippen LogP contribution in [-0.4, -0.2) is 19.8 Å². The van der Waals surface area contributed by atoms with Crippen molar-refractivity contribution in [3.8, 4) is 0 Å². The van der Waals surface area contributed by atoms with Gasteiger partial charge in [0.2, 0.25) is 0 Å². The Hall–Kier alpha value is 0.170. The third kappa shape index (κ3) is 4.01. The lowest BCUT2D eigenvalue weighted by molar-refractivity contribution is 0.129. The molecule has 0 saturated carbocycles. The molecule has 3 nitrogen and oxygen atoms in total. The Morgan fingerprint density at radius 3 is 2.43 bits per heavy atom. The molecule has 44 valence electrons. The van der Waals surface area contributed by atoms with E-state index in [-0.39, 0.29) is 0 Å². The van der Waals surface area contributed by atoms with Crippen molar-refractivity contribution >= 4 is 11.6 Å². The van der Waals surface area contributed by atoms with E-state index in [1.165, 1.54) is 7.11 Å². The first-order valence-electron chi connectivity index (χ1n) is 1.90. The molecule has 0 heterocycles. The maximum absolute atomic E-state index is 5.37. The molecule has 1 atom stereocenters. The molecule has 0 aromatic carbocycles. The van der Waals surface area contributed by atoms with Crippen LogP contribution in [0.3, 0.4) is 0 Å². The third-order valence-corrected chi connectivity index (χ3v) is 0.752. The van der Waals surface area contributed by atoms with Crippen LogP contribution in [0.15, 0.2) is 0 Å². The summed E-state index contributed by atoms with van der Waals surface area (Å²) in [6, 6.07) is 0. The number of hydrogen-bond donors (Lipinski definition) is 2. The molecule has 0 aromatic heterocycles. The molecule has 0 fully saturated rings. The van der Waals surface area contributed by atoms with E-state index >= 15 is 0 Å². The zero-order valence-corrected chi connectivity index (χ0v) is 5.12. The van der Waals surface area contributed by atoms with E-state index in [9.17, 15) is 0 Å². The number of rotatable bonds is 3. The molecule has 4 heteroatoms. The van der Waals surface area contributed by atoms with Crippen molar-refractivity contribution in [2.24, 2.45) is 0 Å². The highest BCUT2D eigenvalue weighted by Crippen LogP contribution is 1.85. The van der Waals surface area contributed by atoms with Crippen molar-refractivity contribution in [3.63, 3.8) is 0 Å². The van der Waals surface area contributed by atoms with Crippen molar-refractivity contribution < 1.29 is 4.74 Å². The molecule has 2 N–H and O–H groups in total. The van der Waals surface area contributed by atoms with Crippen LogP contribution in [-0.2, 0) is 4.74 Å². The van der Waals surface area contributed by atoms with Gasteiger partial charge in [-0.25, -0.2) is 5.43 Å². The number of ether oxygens (including phenoxy) is 1. The summed E-state index contributed by atoms with van der Waals surface area (Å²) < 4.78 is 4.58. The van der Waals surface area contributed by atoms with E-state index in [4.69, 9.17) is 11.6 Å². The lowest BCUT2D eigenvalue weighted by Crippen LogP contribution is -2.35. The van der Waals surface area contributed by atoms with E-state index in [0.717, 1.165) is 0 Å². The normalized spacial score (nSPS) is 14.1. The molecule has 0 radical (unpaired) electrons. The second kappa shape index (κ2) is 4.33. The van der Waals surface area contributed by atoms with Crippen LogP contribution in [0.2, 0.25) is 0 Å². The van der Waals surface area contributed by atoms with Gasteiger partial charge in [0, 0.05) is 7.11 Å². The second-order valence-corrected chi connectivity index (χ2v) is 1.34. The van der Waals surface area contributed by atoms with Crippen LogP contribution in [0, 0.1) is 0 Å². The lowest BCUT2D eigenvalue weighted by atomic mass is 11.2. The number of alkyl halides is 1. The van der Waals surface area contributed by atoms with E-state index in [1.54, 1.807) is 7.05 Å². The zero-order valence-electron chi connectivity index (χ0n) is 4.36. The predicted molar refractivity (Wildman–Crippen MR) is 28.8 cm³/mol. The zero-order chi connectivity index (χ0) is 5.70. The summed E-state index contributed by atoms with van der Waals surface area (Å²) in [5, 5.41) is 0. The Morgan fingerprint density at radius 1 is 1.71 bits per heavy atom. The van der Waals surface area contributed by atoms with Gasteiger partial charge in [-0.1, -0.05) is 11.6 Å². The molecule has 0 bridgehead atoms. The quantitative estimate of drug-likeness (QED) is 0.238. The number of methoxy groups -OCH3 is 1. The van der Waals surface area contributed by atoms with Gasteiger partial charge in [0.15, 0.2) is 5.69 Å². The Bertz CT molecular complexity index is 43.9. The van der Waals surface area contributed by atoms with Crippen LogP contribution in [0.25, 0.3) is 0 Å². The maximum Gasteiger partial charge on any atom is 0.197 e. The van der Waals surface area contributed by atoms with Crippen LogP contribution < -0.4 is 10.9 Å². The molecular formula is C3H9ClN2O. The summed E-state index contributed by atoms with van der Waals surface area (Å²) in [7, 11) is 3.23. The summed E-state index contributed by atoms with van der Waals surface area (Å²) in [6.45, 7) is 0. The van der Waals surface area contributed by atoms with E-state index in [0.29, 0.717) is 0 Å². The monoisotopic (exact) mass is 124 g/mol. The molecule has 7 heavy (non-hydrogen) atoms. The minimum atomic E-state index is -0.440. The lowest BCUT2D eigenvalue weighted by Gasteiger charge is -2.05. The fourth-order valence-corrected chi connectivity index (χ4v) is 0.282. The topological polar surface area (TPSA) is 33.3 Å². The van der Waals surface area contributed by atoms with Crippen molar-refractivity contribution in [3.05, 3.63) is 0 Å². The molecule has 0 aliphatic rings. The van der Waals surface area contributed by atoms with Gasteiger partial charge in [-0.05, 0) is 7.05 Å². The Kier molecular flexibility index (Phi) is 4.44. The van der Waals surface area contributed by atoms with Crippen LogP contribution in [0.5, 0.6) is 0 Å². The van der Waals surface area contributed by atoms with Gasteiger partial charge < -0.3 is 4.74 Å². The molecule has 0 amide bonds. The van der Waals surface area contributed by atoms with Gasteiger partial charge in [-0.2, -0.15) is 0 Å². The summed E-state index contributed by atoms with van der Waals surface area (Å²) in [5.41, 5.74) is 4.76. The first kappa shape index (κ1) is 7.17. The Labute approximate surface area is 48.0 Å². The minimum Gasteiger partial charge on any atom is -0.352 e. The average Bonchev–Trinajstić information content (AvgIpc) is 1.68. The molecule has 0 saturated heterocycles. The summed E-state index contributed by atoms with van der Waals surface area (Å²) >= 11 is 5.37. The fourth-order valence-electron chi connectivity index (χ4n) is 0.172. The highest BCUT2D eigenvalue weighted by atomic mass is 35.5. The molecule has 1 unspecified atom stereocenters. The number of nitrogens with one attached hydrogen (secondary N) is 2. The average molecular weight is 125 g/mol. The third-order valence-electron chi connectivity index (χ3n) is 0.465. The van der Waals surface area contributed by atoms with E-state index < -0.39 is 5.69 Å². The number of halogens is 1. The molecular weight excluding hydrogens is 115 g/mol. The molecule has 0 aliphatic carbocycles. The van der Waals surface area contributed by atoms with Crippen LogP contribution in [0.1, 0.15) is 0 Å². The summed E-state index contributed by atoms with van der Waals surface area (Å²) in [6.07, 6.45) is 0. The smallest absolute Gasteiger partial charge is 0.197 e. The summed E-state index contributed by atoms with van der Waals surface area (Å²) in [4.78, 5) is 0. The van der Waals surface area contributed by atoms with Gasteiger partial charge in [0.1, 0.15) is 0 Å². The van der Waals surface area contributed by atoms with Crippen molar-refractivity contribution in [1.82, 2.24) is 10.9 Å². The van der Waals surface area contributed by atoms with Gasteiger partial charge in [0.25, 0.3) is 0 Å². The molecule has 0 spiro atoms.